The Bertz CT molecular complexity index is 114. The van der Waals surface area contributed by atoms with Crippen molar-refractivity contribution >= 4 is 11.9 Å². The number of hydrogen-bond donors (Lipinski definition) is 6. The minimum absolute atomic E-state index is 0.0833. The van der Waals surface area contributed by atoms with E-state index in [9.17, 15) is 0 Å². The maximum Gasteiger partial charge on any atom is 0.336 e. The molecule has 11 N–H and O–H groups in total. The Kier molecular flexibility index (Phi) is 15.7. The average Bonchev–Trinajstić information content (AvgIpc) is 1.54. The summed E-state index contributed by atoms with van der Waals surface area (Å²) in [4.78, 5) is 8.25. The van der Waals surface area contributed by atoms with E-state index in [1.807, 2.05) is 0 Å². The van der Waals surface area contributed by atoms with E-state index >= 15 is 0 Å². The maximum atomic E-state index is 8.25. The Morgan fingerprint density at radius 3 is 1.25 bits per heavy atom. The molecule has 0 rings (SSSR count). The van der Waals surface area contributed by atoms with Gasteiger partial charge in [0.25, 0.3) is 0 Å². The van der Waals surface area contributed by atoms with E-state index in [1.165, 1.54) is 0 Å². The number of rotatable bonds is 0. The van der Waals surface area contributed by atoms with Crippen molar-refractivity contribution < 1.29 is 10.5 Å². The average molecular weight is 181 g/mol. The maximum absolute atomic E-state index is 8.25. The van der Waals surface area contributed by atoms with Crippen LogP contribution in [-0.4, -0.2) is 17.0 Å². The summed E-state index contributed by atoms with van der Waals surface area (Å²) in [6.45, 7) is 0. The summed E-state index contributed by atoms with van der Waals surface area (Å²) in [7, 11) is 0. The molecule has 0 aliphatic heterocycles. The molecule has 0 atom stereocenters. The first kappa shape index (κ1) is 16.4. The highest BCUT2D eigenvalue weighted by atomic mass is 16.9. The van der Waals surface area contributed by atoms with Gasteiger partial charge in [0.2, 0.25) is 0 Å². The Balaban J connectivity index is -0.000000101. The van der Waals surface area contributed by atoms with Crippen molar-refractivity contribution in [3.63, 3.8) is 0 Å². The Morgan fingerprint density at radius 2 is 1.25 bits per heavy atom. The number of nitrogens with zero attached hydrogens (tertiary/aromatic N) is 1. The molecule has 0 saturated heterocycles. The van der Waals surface area contributed by atoms with Crippen LogP contribution in [0.5, 0.6) is 0 Å². The van der Waals surface area contributed by atoms with Gasteiger partial charge in [-0.2, -0.15) is 0 Å². The van der Waals surface area contributed by atoms with Gasteiger partial charge in [0, 0.05) is 0 Å². The SMILES string of the molecule is N=C(N)N.NC(N)=[NH2+].O=[N+]([O-])[O-]. The fraction of sp³-hybridized carbons (Fsp3) is 0. The lowest BCUT2D eigenvalue weighted by atomic mass is 11.1. The van der Waals surface area contributed by atoms with Crippen molar-refractivity contribution in [3.05, 3.63) is 15.3 Å². The number of nitrogens with one attached hydrogen (secondary N) is 1. The molecule has 10 heteroatoms. The van der Waals surface area contributed by atoms with Crippen molar-refractivity contribution in [2.24, 2.45) is 22.9 Å². The largest absolute Gasteiger partial charge is 0.370 e. The third-order valence-electron chi connectivity index (χ3n) is 0. The quantitative estimate of drug-likeness (QED) is 0.0930. The molecule has 0 spiro atoms. The van der Waals surface area contributed by atoms with E-state index in [2.05, 4.69) is 28.3 Å². The van der Waals surface area contributed by atoms with Gasteiger partial charge in [-0.25, -0.2) is 0 Å². The van der Waals surface area contributed by atoms with Gasteiger partial charge in [-0.15, -0.1) is 0 Å². The smallest absolute Gasteiger partial charge is 0.336 e. The van der Waals surface area contributed by atoms with Crippen LogP contribution in [0.4, 0.5) is 0 Å². The van der Waals surface area contributed by atoms with Crippen molar-refractivity contribution in [3.8, 4) is 0 Å². The zero-order valence-electron chi connectivity index (χ0n) is 6.06. The van der Waals surface area contributed by atoms with Gasteiger partial charge in [0.1, 0.15) is 0 Å². The van der Waals surface area contributed by atoms with E-state index in [-0.39, 0.29) is 11.9 Å². The fourth-order valence-electron chi connectivity index (χ4n) is 0. The Labute approximate surface area is 67.2 Å². The highest BCUT2D eigenvalue weighted by Gasteiger charge is 1.64. The number of nitrogens with two attached hydrogens (primary N) is 5. The zero-order chi connectivity index (χ0) is 10.7. The molecule has 0 aromatic heterocycles. The van der Waals surface area contributed by atoms with E-state index < -0.39 is 5.09 Å². The summed E-state index contributed by atoms with van der Waals surface area (Å²) in [5, 5.41) is 25.4. The molecular weight excluding hydrogens is 170 g/mol. The molecule has 0 aliphatic rings. The van der Waals surface area contributed by atoms with Crippen LogP contribution in [0, 0.1) is 20.7 Å². The second-order valence-corrected chi connectivity index (χ2v) is 1.18. The van der Waals surface area contributed by atoms with Gasteiger partial charge in [-0.05, 0) is 0 Å². The summed E-state index contributed by atoms with van der Waals surface area (Å²) < 4.78 is 0. The molecule has 0 heterocycles. The summed E-state index contributed by atoms with van der Waals surface area (Å²) >= 11 is 0. The molecule has 0 bridgehead atoms. The van der Waals surface area contributed by atoms with E-state index in [0.29, 0.717) is 0 Å². The van der Waals surface area contributed by atoms with Crippen LogP contribution in [0.1, 0.15) is 0 Å². The normalized spacial score (nSPS) is 6.00. The van der Waals surface area contributed by atoms with Crippen molar-refractivity contribution in [1.82, 2.24) is 0 Å². The van der Waals surface area contributed by atoms with Crippen LogP contribution in [0.15, 0.2) is 0 Å². The zero-order valence-corrected chi connectivity index (χ0v) is 6.06. The van der Waals surface area contributed by atoms with Crippen molar-refractivity contribution in [1.29, 1.82) is 5.41 Å². The third kappa shape index (κ3) is 68.8. The monoisotopic (exact) mass is 181 g/mol. The summed E-state index contributed by atoms with van der Waals surface area (Å²) in [6, 6.07) is 0. The van der Waals surface area contributed by atoms with Gasteiger partial charge in [-0.1, -0.05) is 0 Å². The van der Waals surface area contributed by atoms with Gasteiger partial charge >= 0.3 is 5.96 Å². The lowest BCUT2D eigenvalue weighted by molar-refractivity contribution is -0.402. The molecule has 0 amide bonds. The molecule has 72 valence electrons. The summed E-state index contributed by atoms with van der Waals surface area (Å²) in [6.07, 6.45) is 0. The van der Waals surface area contributed by atoms with Gasteiger partial charge in [0.15, 0.2) is 5.96 Å². The van der Waals surface area contributed by atoms with Gasteiger partial charge < -0.3 is 26.8 Å². The van der Waals surface area contributed by atoms with Crippen molar-refractivity contribution in [2.45, 2.75) is 0 Å². The van der Waals surface area contributed by atoms with E-state index in [0.717, 1.165) is 0 Å². The first-order valence-electron chi connectivity index (χ1n) is 2.24. The van der Waals surface area contributed by atoms with Crippen molar-refractivity contribution in [2.75, 3.05) is 0 Å². The minimum atomic E-state index is -1.75. The lowest BCUT2D eigenvalue weighted by Gasteiger charge is -1.74. The highest BCUT2D eigenvalue weighted by Crippen LogP contribution is 1.44. The summed E-state index contributed by atoms with van der Waals surface area (Å²) in [5.74, 6) is -0.417. The Morgan fingerprint density at radius 1 is 1.25 bits per heavy atom. The molecule has 12 heavy (non-hydrogen) atoms. The topological polar surface area (TPSA) is 220 Å². The first-order valence-corrected chi connectivity index (χ1v) is 2.24. The highest BCUT2D eigenvalue weighted by molar-refractivity contribution is 5.71. The molecule has 0 unspecified atom stereocenters. The molecule has 0 radical (unpaired) electrons. The third-order valence-corrected chi connectivity index (χ3v) is 0. The predicted molar refractivity (Wildman–Crippen MR) is 41.8 cm³/mol. The van der Waals surface area contributed by atoms with Crippen LogP contribution in [0.25, 0.3) is 0 Å². The number of guanidine groups is 2. The fourth-order valence-corrected chi connectivity index (χ4v) is 0. The molecule has 0 aliphatic carbocycles. The van der Waals surface area contributed by atoms with Crippen LogP contribution < -0.4 is 28.3 Å². The summed E-state index contributed by atoms with van der Waals surface area (Å²) in [5.41, 5.74) is 18.1. The first-order chi connectivity index (χ1) is 5.20. The standard InChI is InChI=1S/2CH5N3.NO3/c3*2-1(3)4/h2*(H5,2,3,4);/q;;-1/p+1. The van der Waals surface area contributed by atoms with Crippen LogP contribution in [0.3, 0.4) is 0 Å². The Hall–Kier alpha value is -2.26. The van der Waals surface area contributed by atoms with Crippen LogP contribution in [0.2, 0.25) is 0 Å². The molecule has 0 aromatic rings. The minimum Gasteiger partial charge on any atom is -0.370 e. The van der Waals surface area contributed by atoms with Gasteiger partial charge in [0.05, 0.1) is 5.09 Å². The molecule has 0 fully saturated rings. The molecule has 0 saturated carbocycles. The van der Waals surface area contributed by atoms with E-state index in [4.69, 9.17) is 20.7 Å². The molecule has 0 aromatic carbocycles. The van der Waals surface area contributed by atoms with Crippen LogP contribution >= 0.6 is 0 Å². The van der Waals surface area contributed by atoms with Gasteiger partial charge in [-0.3, -0.25) is 22.3 Å². The van der Waals surface area contributed by atoms with Crippen LogP contribution in [-0.2, 0) is 0 Å². The second-order valence-electron chi connectivity index (χ2n) is 1.18. The van der Waals surface area contributed by atoms with E-state index in [1.54, 1.807) is 0 Å². The number of hydrogen-bond acceptors (Lipinski definition) is 4. The second kappa shape index (κ2) is 11.5. The molecule has 10 nitrogen and oxygen atoms in total. The predicted octanol–water partition coefficient (Wildman–Crippen LogP) is -4.38. The molecular formula is C2H11N7O3. The lowest BCUT2D eigenvalue weighted by Crippen LogP contribution is -2.51.